The van der Waals surface area contributed by atoms with Crippen molar-refractivity contribution >= 4 is 21.6 Å². The number of rotatable bonds is 6. The van der Waals surface area contributed by atoms with Crippen LogP contribution in [0.15, 0.2) is 53.4 Å². The second-order valence-corrected chi connectivity index (χ2v) is 7.30. The summed E-state index contributed by atoms with van der Waals surface area (Å²) in [6.45, 7) is 1.80. The van der Waals surface area contributed by atoms with Crippen molar-refractivity contribution in [3.8, 4) is 0 Å². The van der Waals surface area contributed by atoms with Crippen molar-refractivity contribution in [3.63, 3.8) is 0 Å². The molecule has 0 aliphatic rings. The normalized spacial score (nSPS) is 11.8. The number of aliphatic hydroxyl groups is 1. The Bertz CT molecular complexity index is 732. The Kier molecular flexibility index (Phi) is 5.58. The number of sulfonamides is 1. The van der Waals surface area contributed by atoms with Crippen molar-refractivity contribution in [1.82, 2.24) is 4.31 Å². The van der Waals surface area contributed by atoms with Crippen molar-refractivity contribution in [2.24, 2.45) is 0 Å². The van der Waals surface area contributed by atoms with Crippen LogP contribution in [0.2, 0.25) is 5.02 Å². The zero-order valence-electron chi connectivity index (χ0n) is 12.2. The van der Waals surface area contributed by atoms with E-state index < -0.39 is 10.0 Å². The molecule has 0 fully saturated rings. The van der Waals surface area contributed by atoms with E-state index in [0.29, 0.717) is 5.02 Å². The van der Waals surface area contributed by atoms with Gasteiger partial charge in [0.2, 0.25) is 10.0 Å². The van der Waals surface area contributed by atoms with Crippen molar-refractivity contribution in [2.45, 2.75) is 18.4 Å². The molecule has 2 aromatic rings. The maximum absolute atomic E-state index is 12.7. The van der Waals surface area contributed by atoms with Gasteiger partial charge in [-0.15, -0.1) is 0 Å². The standard InChI is InChI=1S/C16H18ClNO3S/c1-13-7-8-15(11-16(13)17)22(20,21)18(9-10-19)12-14-5-3-2-4-6-14/h2-8,11,19H,9-10,12H2,1H3. The van der Waals surface area contributed by atoms with Gasteiger partial charge in [-0.3, -0.25) is 0 Å². The minimum Gasteiger partial charge on any atom is -0.395 e. The van der Waals surface area contributed by atoms with Crippen molar-refractivity contribution in [3.05, 3.63) is 64.7 Å². The van der Waals surface area contributed by atoms with Crippen LogP contribution in [0.5, 0.6) is 0 Å². The summed E-state index contributed by atoms with van der Waals surface area (Å²) < 4.78 is 26.7. The molecule has 0 saturated heterocycles. The van der Waals surface area contributed by atoms with Crippen LogP contribution in [0.25, 0.3) is 0 Å². The zero-order valence-corrected chi connectivity index (χ0v) is 13.8. The number of aliphatic hydroxyl groups excluding tert-OH is 1. The number of benzene rings is 2. The highest BCUT2D eigenvalue weighted by Crippen LogP contribution is 2.23. The van der Waals surface area contributed by atoms with Crippen molar-refractivity contribution < 1.29 is 13.5 Å². The molecule has 0 saturated carbocycles. The van der Waals surface area contributed by atoms with Crippen molar-refractivity contribution in [2.75, 3.05) is 13.2 Å². The van der Waals surface area contributed by atoms with Crippen LogP contribution in [-0.2, 0) is 16.6 Å². The van der Waals surface area contributed by atoms with Gasteiger partial charge in [-0.1, -0.05) is 48.0 Å². The van der Waals surface area contributed by atoms with Gasteiger partial charge in [0.1, 0.15) is 0 Å². The number of hydrogen-bond donors (Lipinski definition) is 1. The summed E-state index contributed by atoms with van der Waals surface area (Å²) in [6, 6.07) is 13.9. The van der Waals surface area contributed by atoms with Gasteiger partial charge in [-0.2, -0.15) is 4.31 Å². The predicted molar refractivity (Wildman–Crippen MR) is 87.3 cm³/mol. The molecule has 0 radical (unpaired) electrons. The average molecular weight is 340 g/mol. The fourth-order valence-electron chi connectivity index (χ4n) is 2.07. The maximum Gasteiger partial charge on any atom is 0.243 e. The lowest BCUT2D eigenvalue weighted by molar-refractivity contribution is 0.251. The zero-order chi connectivity index (χ0) is 16.2. The third kappa shape index (κ3) is 3.87. The van der Waals surface area contributed by atoms with Crippen LogP contribution in [0.4, 0.5) is 0 Å². The average Bonchev–Trinajstić information content (AvgIpc) is 2.50. The minimum absolute atomic E-state index is 0.0305. The highest BCUT2D eigenvalue weighted by molar-refractivity contribution is 7.89. The third-order valence-electron chi connectivity index (χ3n) is 3.33. The Morgan fingerprint density at radius 3 is 2.41 bits per heavy atom. The van der Waals surface area contributed by atoms with Crippen LogP contribution >= 0.6 is 11.6 Å². The molecule has 22 heavy (non-hydrogen) atoms. The van der Waals surface area contributed by atoms with E-state index >= 15 is 0 Å². The number of nitrogens with zero attached hydrogens (tertiary/aromatic N) is 1. The molecule has 1 N–H and O–H groups in total. The first-order valence-corrected chi connectivity index (χ1v) is 8.68. The van der Waals surface area contributed by atoms with Gasteiger partial charge in [-0.25, -0.2) is 8.42 Å². The highest BCUT2D eigenvalue weighted by atomic mass is 35.5. The molecule has 0 atom stereocenters. The second-order valence-electron chi connectivity index (χ2n) is 4.96. The quantitative estimate of drug-likeness (QED) is 0.880. The van der Waals surface area contributed by atoms with Crippen LogP contribution in [0.1, 0.15) is 11.1 Å². The summed E-state index contributed by atoms with van der Waals surface area (Å²) in [5.74, 6) is 0. The lowest BCUT2D eigenvalue weighted by Crippen LogP contribution is -2.33. The second kappa shape index (κ2) is 7.24. The van der Waals surface area contributed by atoms with Gasteiger partial charge < -0.3 is 5.11 Å². The van der Waals surface area contributed by atoms with Gasteiger partial charge in [0.25, 0.3) is 0 Å². The predicted octanol–water partition coefficient (Wildman–Crippen LogP) is 2.83. The Balaban J connectivity index is 2.35. The highest BCUT2D eigenvalue weighted by Gasteiger charge is 2.24. The Morgan fingerprint density at radius 2 is 1.82 bits per heavy atom. The molecule has 0 bridgehead atoms. The molecule has 2 rings (SSSR count). The molecule has 0 aromatic heterocycles. The van der Waals surface area contributed by atoms with E-state index in [9.17, 15) is 13.5 Å². The van der Waals surface area contributed by atoms with Crippen LogP contribution in [0.3, 0.4) is 0 Å². The van der Waals surface area contributed by atoms with E-state index in [1.807, 2.05) is 37.3 Å². The lowest BCUT2D eigenvalue weighted by Gasteiger charge is -2.21. The maximum atomic E-state index is 12.7. The fourth-order valence-corrected chi connectivity index (χ4v) is 3.76. The summed E-state index contributed by atoms with van der Waals surface area (Å²) in [7, 11) is -3.71. The summed E-state index contributed by atoms with van der Waals surface area (Å²) in [4.78, 5) is 0.132. The first-order chi connectivity index (χ1) is 10.4. The van der Waals surface area contributed by atoms with Gasteiger partial charge >= 0.3 is 0 Å². The first kappa shape index (κ1) is 17.0. The number of hydrogen-bond acceptors (Lipinski definition) is 3. The Morgan fingerprint density at radius 1 is 1.14 bits per heavy atom. The largest absolute Gasteiger partial charge is 0.395 e. The minimum atomic E-state index is -3.71. The summed E-state index contributed by atoms with van der Waals surface area (Å²) >= 11 is 6.03. The summed E-state index contributed by atoms with van der Waals surface area (Å²) in [5, 5.41) is 9.60. The van der Waals surface area contributed by atoms with Gasteiger partial charge in [-0.05, 0) is 30.2 Å². The van der Waals surface area contributed by atoms with Gasteiger partial charge in [0.05, 0.1) is 11.5 Å². The van der Waals surface area contributed by atoms with E-state index in [4.69, 9.17) is 11.6 Å². The molecule has 0 heterocycles. The van der Waals surface area contributed by atoms with Crippen molar-refractivity contribution in [1.29, 1.82) is 0 Å². The Labute approximate surface area is 136 Å². The van der Waals surface area contributed by atoms with E-state index in [1.54, 1.807) is 6.07 Å². The fraction of sp³-hybridized carbons (Fsp3) is 0.250. The van der Waals surface area contributed by atoms with E-state index in [2.05, 4.69) is 0 Å². The number of halogens is 1. The molecule has 6 heteroatoms. The van der Waals surface area contributed by atoms with Crippen LogP contribution < -0.4 is 0 Å². The van der Waals surface area contributed by atoms with E-state index in [0.717, 1.165) is 11.1 Å². The molecule has 0 unspecified atom stereocenters. The summed E-state index contributed by atoms with van der Waals surface area (Å²) in [6.07, 6.45) is 0. The Hall–Kier alpha value is -1.40. The first-order valence-electron chi connectivity index (χ1n) is 6.86. The molecular weight excluding hydrogens is 322 g/mol. The van der Waals surface area contributed by atoms with Crippen LogP contribution in [-0.4, -0.2) is 31.0 Å². The SMILES string of the molecule is Cc1ccc(S(=O)(=O)N(CCO)Cc2ccccc2)cc1Cl. The van der Waals surface area contributed by atoms with Crippen LogP contribution in [0, 0.1) is 6.92 Å². The monoisotopic (exact) mass is 339 g/mol. The molecule has 4 nitrogen and oxygen atoms in total. The topological polar surface area (TPSA) is 57.6 Å². The molecule has 0 aliphatic carbocycles. The molecule has 0 aliphatic heterocycles. The smallest absolute Gasteiger partial charge is 0.243 e. The molecule has 0 amide bonds. The molecule has 0 spiro atoms. The number of aryl methyl sites for hydroxylation is 1. The van der Waals surface area contributed by atoms with E-state index in [1.165, 1.54) is 16.4 Å². The molecular formula is C16H18ClNO3S. The lowest BCUT2D eigenvalue weighted by atomic mass is 10.2. The van der Waals surface area contributed by atoms with E-state index in [-0.39, 0.29) is 24.6 Å². The van der Waals surface area contributed by atoms with Gasteiger partial charge in [0.15, 0.2) is 0 Å². The molecule has 2 aromatic carbocycles. The van der Waals surface area contributed by atoms with Gasteiger partial charge in [0, 0.05) is 18.1 Å². The molecule has 118 valence electrons. The summed E-state index contributed by atoms with van der Waals surface area (Å²) in [5.41, 5.74) is 1.68. The third-order valence-corrected chi connectivity index (χ3v) is 5.58.